The predicted molar refractivity (Wildman–Crippen MR) is 75.0 cm³/mol. The van der Waals surface area contributed by atoms with Crippen molar-refractivity contribution in [3.63, 3.8) is 0 Å². The molecule has 1 aromatic carbocycles. The normalized spacial score (nSPS) is 10.5. The Morgan fingerprint density at radius 3 is 2.68 bits per heavy atom. The third kappa shape index (κ3) is 2.58. The number of halogens is 1. The van der Waals surface area contributed by atoms with Gasteiger partial charge < -0.3 is 10.5 Å². The van der Waals surface area contributed by atoms with Gasteiger partial charge in [0, 0.05) is 13.1 Å². The summed E-state index contributed by atoms with van der Waals surface area (Å²) in [5, 5.41) is 4.20. The minimum Gasteiger partial charge on any atom is -0.438 e. The summed E-state index contributed by atoms with van der Waals surface area (Å²) in [6, 6.07) is 4.65. The first-order valence-corrected chi connectivity index (χ1v) is 6.08. The van der Waals surface area contributed by atoms with Crippen molar-refractivity contribution in [3.8, 4) is 11.6 Å². The zero-order chi connectivity index (χ0) is 14.2. The minimum absolute atomic E-state index is 0.202. The van der Waals surface area contributed by atoms with Crippen LogP contribution in [0.3, 0.4) is 0 Å². The van der Waals surface area contributed by atoms with E-state index in [2.05, 4.69) is 5.10 Å². The Morgan fingerprint density at radius 1 is 1.42 bits per heavy atom. The quantitative estimate of drug-likeness (QED) is 0.877. The molecule has 0 unspecified atom stereocenters. The van der Waals surface area contributed by atoms with Crippen molar-refractivity contribution in [3.05, 3.63) is 40.8 Å². The van der Waals surface area contributed by atoms with Gasteiger partial charge in [0.1, 0.15) is 16.6 Å². The SMILES string of the molecule is Cc1ccc(Oc2c(C(N)=S)c(C)nn2C)cc1F. The molecule has 0 atom stereocenters. The highest BCUT2D eigenvalue weighted by molar-refractivity contribution is 7.80. The fourth-order valence-corrected chi connectivity index (χ4v) is 2.02. The summed E-state index contributed by atoms with van der Waals surface area (Å²) in [6.45, 7) is 3.48. The van der Waals surface area contributed by atoms with Gasteiger partial charge >= 0.3 is 0 Å². The van der Waals surface area contributed by atoms with Crippen LogP contribution < -0.4 is 10.5 Å². The third-order valence-corrected chi connectivity index (χ3v) is 2.98. The molecule has 2 aromatic rings. The van der Waals surface area contributed by atoms with E-state index in [0.29, 0.717) is 28.5 Å². The van der Waals surface area contributed by atoms with Gasteiger partial charge in [-0.05, 0) is 25.5 Å². The van der Waals surface area contributed by atoms with Gasteiger partial charge in [0.05, 0.1) is 11.3 Å². The van der Waals surface area contributed by atoms with Crippen molar-refractivity contribution in [2.75, 3.05) is 0 Å². The van der Waals surface area contributed by atoms with Crippen LogP contribution in [0.15, 0.2) is 18.2 Å². The number of benzene rings is 1. The van der Waals surface area contributed by atoms with Crippen LogP contribution in [0, 0.1) is 19.7 Å². The molecule has 0 fully saturated rings. The third-order valence-electron chi connectivity index (χ3n) is 2.77. The van der Waals surface area contributed by atoms with Crippen LogP contribution in [0.1, 0.15) is 16.8 Å². The summed E-state index contributed by atoms with van der Waals surface area (Å²) in [7, 11) is 1.72. The van der Waals surface area contributed by atoms with Crippen LogP contribution >= 0.6 is 12.2 Å². The molecule has 0 aliphatic heterocycles. The molecule has 19 heavy (non-hydrogen) atoms. The van der Waals surface area contributed by atoms with Gasteiger partial charge in [-0.1, -0.05) is 18.3 Å². The summed E-state index contributed by atoms with van der Waals surface area (Å²) >= 11 is 4.98. The lowest BCUT2D eigenvalue weighted by atomic mass is 10.2. The van der Waals surface area contributed by atoms with E-state index in [1.54, 1.807) is 33.0 Å². The summed E-state index contributed by atoms with van der Waals surface area (Å²) in [5.41, 5.74) is 7.47. The fraction of sp³-hybridized carbons (Fsp3) is 0.231. The Hall–Kier alpha value is -1.95. The maximum atomic E-state index is 13.5. The molecule has 6 heteroatoms. The van der Waals surface area contributed by atoms with Crippen LogP contribution in [-0.4, -0.2) is 14.8 Å². The average molecular weight is 279 g/mol. The zero-order valence-corrected chi connectivity index (χ0v) is 11.7. The second-order valence-corrected chi connectivity index (χ2v) is 4.71. The van der Waals surface area contributed by atoms with Gasteiger partial charge in [-0.25, -0.2) is 9.07 Å². The number of aryl methyl sites for hydroxylation is 3. The highest BCUT2D eigenvalue weighted by Crippen LogP contribution is 2.28. The number of rotatable bonds is 3. The number of nitrogens with two attached hydrogens (primary N) is 1. The van der Waals surface area contributed by atoms with E-state index in [4.69, 9.17) is 22.7 Å². The van der Waals surface area contributed by atoms with Gasteiger partial charge in [0.2, 0.25) is 5.88 Å². The largest absolute Gasteiger partial charge is 0.438 e. The van der Waals surface area contributed by atoms with Crippen molar-refractivity contribution in [1.82, 2.24) is 9.78 Å². The molecule has 1 heterocycles. The predicted octanol–water partition coefficient (Wildman–Crippen LogP) is 2.60. The molecule has 0 spiro atoms. The number of ether oxygens (including phenoxy) is 1. The molecule has 0 saturated carbocycles. The standard InChI is InChI=1S/C13H14FN3OS/c1-7-4-5-9(6-10(7)14)18-13-11(12(15)19)8(2)16-17(13)3/h4-6H,1-3H3,(H2,15,19). The Balaban J connectivity index is 2.43. The highest BCUT2D eigenvalue weighted by atomic mass is 32.1. The average Bonchev–Trinajstić information content (AvgIpc) is 2.59. The Kier molecular flexibility index (Phi) is 3.53. The molecular formula is C13H14FN3OS. The van der Waals surface area contributed by atoms with Crippen LogP contribution in [0.5, 0.6) is 11.6 Å². The van der Waals surface area contributed by atoms with Crippen LogP contribution in [0.2, 0.25) is 0 Å². The van der Waals surface area contributed by atoms with E-state index in [1.807, 2.05) is 0 Å². The van der Waals surface area contributed by atoms with Crippen molar-refractivity contribution < 1.29 is 9.13 Å². The molecule has 4 nitrogen and oxygen atoms in total. The van der Waals surface area contributed by atoms with E-state index in [9.17, 15) is 4.39 Å². The van der Waals surface area contributed by atoms with E-state index in [-0.39, 0.29) is 10.8 Å². The molecule has 0 bridgehead atoms. The number of thiocarbonyl (C=S) groups is 1. The van der Waals surface area contributed by atoms with E-state index in [0.717, 1.165) is 0 Å². The van der Waals surface area contributed by atoms with Crippen LogP contribution in [-0.2, 0) is 7.05 Å². The molecule has 1 aromatic heterocycles. The molecular weight excluding hydrogens is 265 g/mol. The topological polar surface area (TPSA) is 53.1 Å². The number of aromatic nitrogens is 2. The maximum Gasteiger partial charge on any atom is 0.228 e. The maximum absolute atomic E-state index is 13.5. The molecule has 0 radical (unpaired) electrons. The van der Waals surface area contributed by atoms with Crippen molar-refractivity contribution in [2.24, 2.45) is 12.8 Å². The van der Waals surface area contributed by atoms with E-state index in [1.165, 1.54) is 10.7 Å². The lowest BCUT2D eigenvalue weighted by Crippen LogP contribution is -2.11. The minimum atomic E-state index is -0.326. The number of hydrogen-bond donors (Lipinski definition) is 1. The second-order valence-electron chi connectivity index (χ2n) is 4.27. The van der Waals surface area contributed by atoms with Gasteiger partial charge in [-0.3, -0.25) is 0 Å². The Bertz CT molecular complexity index is 652. The van der Waals surface area contributed by atoms with Gasteiger partial charge in [0.25, 0.3) is 0 Å². The Labute approximate surface area is 116 Å². The summed E-state index contributed by atoms with van der Waals surface area (Å²) in [5.74, 6) is 0.463. The van der Waals surface area contributed by atoms with E-state index >= 15 is 0 Å². The lowest BCUT2D eigenvalue weighted by Gasteiger charge is -2.08. The van der Waals surface area contributed by atoms with Gasteiger partial charge in [0.15, 0.2) is 0 Å². The first-order chi connectivity index (χ1) is 8.90. The molecule has 2 N–H and O–H groups in total. The molecule has 0 aliphatic rings. The number of nitrogens with zero attached hydrogens (tertiary/aromatic N) is 2. The monoisotopic (exact) mass is 279 g/mol. The first kappa shape index (κ1) is 13.5. The smallest absolute Gasteiger partial charge is 0.228 e. The summed E-state index contributed by atoms with van der Waals surface area (Å²) < 4.78 is 20.7. The highest BCUT2D eigenvalue weighted by Gasteiger charge is 2.18. The van der Waals surface area contributed by atoms with Gasteiger partial charge in [-0.2, -0.15) is 5.10 Å². The van der Waals surface area contributed by atoms with Gasteiger partial charge in [-0.15, -0.1) is 0 Å². The molecule has 2 rings (SSSR count). The lowest BCUT2D eigenvalue weighted by molar-refractivity contribution is 0.426. The van der Waals surface area contributed by atoms with Crippen molar-refractivity contribution >= 4 is 17.2 Å². The summed E-state index contributed by atoms with van der Waals surface area (Å²) in [4.78, 5) is 0.202. The van der Waals surface area contributed by atoms with Crippen molar-refractivity contribution in [1.29, 1.82) is 0 Å². The molecule has 0 saturated heterocycles. The zero-order valence-electron chi connectivity index (χ0n) is 10.9. The molecule has 0 amide bonds. The van der Waals surface area contributed by atoms with E-state index < -0.39 is 0 Å². The summed E-state index contributed by atoms with van der Waals surface area (Å²) in [6.07, 6.45) is 0. The van der Waals surface area contributed by atoms with Crippen LogP contribution in [0.25, 0.3) is 0 Å². The molecule has 100 valence electrons. The van der Waals surface area contributed by atoms with Crippen LogP contribution in [0.4, 0.5) is 4.39 Å². The fourth-order valence-electron chi connectivity index (χ4n) is 1.79. The first-order valence-electron chi connectivity index (χ1n) is 5.67. The van der Waals surface area contributed by atoms with Crippen molar-refractivity contribution in [2.45, 2.75) is 13.8 Å². The second kappa shape index (κ2) is 4.97. The molecule has 0 aliphatic carbocycles. The Morgan fingerprint density at radius 2 is 2.11 bits per heavy atom. The number of hydrogen-bond acceptors (Lipinski definition) is 3.